The number of amides is 2. The van der Waals surface area contributed by atoms with Gasteiger partial charge >= 0.3 is 0 Å². The van der Waals surface area contributed by atoms with Crippen molar-refractivity contribution in [3.05, 3.63) is 67.6 Å². The lowest BCUT2D eigenvalue weighted by molar-refractivity contribution is -0.139. The zero-order valence-corrected chi connectivity index (χ0v) is 22.7. The van der Waals surface area contributed by atoms with Crippen molar-refractivity contribution in [3.63, 3.8) is 0 Å². The number of nitrogens with zero attached hydrogens (tertiary/aromatic N) is 1. The van der Waals surface area contributed by atoms with E-state index in [4.69, 9.17) is 46.4 Å². The fraction of sp³-hybridized carbons (Fsp3) is 0.417. The van der Waals surface area contributed by atoms with Crippen LogP contribution in [0, 0.1) is 0 Å². The quantitative estimate of drug-likeness (QED) is 0.321. The van der Waals surface area contributed by atoms with Crippen molar-refractivity contribution in [2.75, 3.05) is 5.75 Å². The molecule has 2 aromatic rings. The third kappa shape index (κ3) is 8.25. The van der Waals surface area contributed by atoms with E-state index in [2.05, 4.69) is 5.32 Å². The Labute approximate surface area is 220 Å². The summed E-state index contributed by atoms with van der Waals surface area (Å²) in [7, 11) is 0. The van der Waals surface area contributed by atoms with E-state index in [0.717, 1.165) is 17.5 Å². The number of halogens is 4. The van der Waals surface area contributed by atoms with E-state index in [1.54, 1.807) is 41.3 Å². The number of thioether (sulfide) groups is 1. The molecule has 0 unspecified atom stereocenters. The Balaban J connectivity index is 2.22. The van der Waals surface area contributed by atoms with Gasteiger partial charge in [0, 0.05) is 38.4 Å². The summed E-state index contributed by atoms with van der Waals surface area (Å²) in [5.74, 6) is 0.306. The van der Waals surface area contributed by atoms with Crippen LogP contribution in [-0.2, 0) is 21.9 Å². The summed E-state index contributed by atoms with van der Waals surface area (Å²) in [5.41, 5.74) is 1.51. The molecule has 0 spiro atoms. The topological polar surface area (TPSA) is 49.4 Å². The summed E-state index contributed by atoms with van der Waals surface area (Å²) >= 11 is 26.3. The molecule has 2 atom stereocenters. The van der Waals surface area contributed by atoms with Crippen molar-refractivity contribution < 1.29 is 9.59 Å². The van der Waals surface area contributed by atoms with Crippen molar-refractivity contribution >= 4 is 70.0 Å². The van der Waals surface area contributed by atoms with Gasteiger partial charge in [0.15, 0.2) is 0 Å². The second-order valence-electron chi connectivity index (χ2n) is 7.69. The third-order valence-electron chi connectivity index (χ3n) is 5.28. The Morgan fingerprint density at radius 3 is 2.24 bits per heavy atom. The summed E-state index contributed by atoms with van der Waals surface area (Å²) in [6.07, 6.45) is 1.27. The lowest BCUT2D eigenvalue weighted by atomic mass is 10.1. The molecule has 0 radical (unpaired) electrons. The molecule has 0 fully saturated rings. The second-order valence-corrected chi connectivity index (χ2v) is 10.3. The summed E-state index contributed by atoms with van der Waals surface area (Å²) in [6, 6.07) is 9.85. The average molecular weight is 550 g/mol. The maximum absolute atomic E-state index is 13.3. The number of carbonyl (C=O) groups excluding carboxylic acids is 2. The van der Waals surface area contributed by atoms with Gasteiger partial charge in [-0.1, -0.05) is 72.4 Å². The van der Waals surface area contributed by atoms with Gasteiger partial charge in [-0.3, -0.25) is 9.59 Å². The highest BCUT2D eigenvalue weighted by atomic mass is 35.5. The van der Waals surface area contributed by atoms with Crippen molar-refractivity contribution in [1.82, 2.24) is 10.2 Å². The molecule has 1 N–H and O–H groups in total. The fourth-order valence-corrected chi connectivity index (χ4v) is 5.30. The molecule has 2 rings (SSSR count). The van der Waals surface area contributed by atoms with Crippen LogP contribution >= 0.6 is 58.2 Å². The molecule has 4 nitrogen and oxygen atoms in total. The van der Waals surface area contributed by atoms with Gasteiger partial charge in [0.05, 0.1) is 5.75 Å². The van der Waals surface area contributed by atoms with Crippen molar-refractivity contribution in [2.45, 2.75) is 58.0 Å². The van der Waals surface area contributed by atoms with Crippen LogP contribution in [0.25, 0.3) is 0 Å². The number of benzene rings is 2. The fourth-order valence-electron chi connectivity index (χ4n) is 3.19. The maximum Gasteiger partial charge on any atom is 0.243 e. The molecule has 33 heavy (non-hydrogen) atoms. The molecule has 0 bridgehead atoms. The van der Waals surface area contributed by atoms with E-state index < -0.39 is 6.04 Å². The molecule has 2 amide bonds. The van der Waals surface area contributed by atoms with E-state index in [1.807, 2.05) is 20.8 Å². The zero-order valence-electron chi connectivity index (χ0n) is 18.8. The molecule has 0 aliphatic carbocycles. The highest BCUT2D eigenvalue weighted by Gasteiger charge is 2.29. The first-order valence-corrected chi connectivity index (χ1v) is 13.4. The number of carbonyl (C=O) groups is 2. The molecule has 0 aliphatic heterocycles. The zero-order chi connectivity index (χ0) is 24.5. The molecule has 180 valence electrons. The first-order chi connectivity index (χ1) is 15.7. The smallest absolute Gasteiger partial charge is 0.243 e. The third-order valence-corrected chi connectivity index (χ3v) is 7.52. The highest BCUT2D eigenvalue weighted by Crippen LogP contribution is 2.29. The molecule has 0 saturated heterocycles. The van der Waals surface area contributed by atoms with Gasteiger partial charge in [-0.15, -0.1) is 11.8 Å². The summed E-state index contributed by atoms with van der Waals surface area (Å²) < 4.78 is 0. The van der Waals surface area contributed by atoms with Crippen LogP contribution in [0.4, 0.5) is 0 Å². The van der Waals surface area contributed by atoms with Crippen LogP contribution in [-0.4, -0.2) is 34.6 Å². The molecule has 9 heteroatoms. The molecule has 0 aromatic heterocycles. The largest absolute Gasteiger partial charge is 0.352 e. The minimum absolute atomic E-state index is 0.0133. The van der Waals surface area contributed by atoms with E-state index in [1.165, 1.54) is 11.8 Å². The number of hydrogen-bond acceptors (Lipinski definition) is 3. The van der Waals surface area contributed by atoms with E-state index in [0.29, 0.717) is 32.3 Å². The summed E-state index contributed by atoms with van der Waals surface area (Å²) in [5, 5.41) is 5.08. The molecular weight excluding hydrogens is 522 g/mol. The van der Waals surface area contributed by atoms with Crippen LogP contribution in [0.5, 0.6) is 0 Å². The van der Waals surface area contributed by atoms with Crippen LogP contribution in [0.15, 0.2) is 36.4 Å². The van der Waals surface area contributed by atoms with Gasteiger partial charge in [-0.05, 0) is 55.2 Å². The molecule has 0 saturated carbocycles. The van der Waals surface area contributed by atoms with Crippen molar-refractivity contribution in [3.8, 4) is 0 Å². The Kier molecular flexibility index (Phi) is 11.7. The lowest BCUT2D eigenvalue weighted by Crippen LogP contribution is -2.51. The molecule has 0 heterocycles. The van der Waals surface area contributed by atoms with Crippen molar-refractivity contribution in [1.29, 1.82) is 0 Å². The van der Waals surface area contributed by atoms with Crippen LogP contribution in [0.2, 0.25) is 20.1 Å². The Morgan fingerprint density at radius 2 is 1.67 bits per heavy atom. The SMILES string of the molecule is CC[C@H](C)NC(=O)[C@H](CC)N(Cc1ccc(Cl)cc1Cl)C(=O)CSCc1c(Cl)cccc1Cl. The van der Waals surface area contributed by atoms with Gasteiger partial charge in [0.1, 0.15) is 6.04 Å². The van der Waals surface area contributed by atoms with Gasteiger partial charge in [0.25, 0.3) is 0 Å². The average Bonchev–Trinajstić information content (AvgIpc) is 2.76. The van der Waals surface area contributed by atoms with Crippen LogP contribution < -0.4 is 5.32 Å². The van der Waals surface area contributed by atoms with E-state index >= 15 is 0 Å². The van der Waals surface area contributed by atoms with Gasteiger partial charge in [0.2, 0.25) is 11.8 Å². The number of hydrogen-bond donors (Lipinski definition) is 1. The first-order valence-electron chi connectivity index (χ1n) is 10.7. The van der Waals surface area contributed by atoms with Crippen LogP contribution in [0.3, 0.4) is 0 Å². The number of nitrogens with one attached hydrogen (secondary N) is 1. The Hall–Kier alpha value is -1.11. The Bertz CT molecular complexity index is 953. The normalized spacial score (nSPS) is 12.8. The predicted molar refractivity (Wildman–Crippen MR) is 142 cm³/mol. The Morgan fingerprint density at radius 1 is 1.00 bits per heavy atom. The van der Waals surface area contributed by atoms with Crippen molar-refractivity contribution in [2.24, 2.45) is 0 Å². The summed E-state index contributed by atoms with van der Waals surface area (Å²) in [6.45, 7) is 6.03. The first kappa shape index (κ1) is 28.1. The molecule has 0 aliphatic rings. The standard InChI is InChI=1S/C24H28Cl4N2O2S/c1-4-15(3)29-24(32)22(5-2)30(12-16-9-10-17(25)11-21(16)28)23(31)14-33-13-18-19(26)7-6-8-20(18)27/h6-11,15,22H,4-5,12-14H2,1-3H3,(H,29,32)/t15-,22-/m0/s1. The van der Waals surface area contributed by atoms with Gasteiger partial charge in [-0.25, -0.2) is 0 Å². The lowest BCUT2D eigenvalue weighted by Gasteiger charge is -2.31. The van der Waals surface area contributed by atoms with Crippen LogP contribution in [0.1, 0.15) is 44.7 Å². The minimum Gasteiger partial charge on any atom is -0.352 e. The predicted octanol–water partition coefficient (Wildman–Crippen LogP) is 7.26. The molecular formula is C24H28Cl4N2O2S. The molecule has 2 aromatic carbocycles. The number of rotatable bonds is 11. The van der Waals surface area contributed by atoms with Gasteiger partial charge in [-0.2, -0.15) is 0 Å². The second kappa shape index (κ2) is 13.7. The highest BCUT2D eigenvalue weighted by molar-refractivity contribution is 7.99. The summed E-state index contributed by atoms with van der Waals surface area (Å²) in [4.78, 5) is 27.9. The van der Waals surface area contributed by atoms with E-state index in [9.17, 15) is 9.59 Å². The van der Waals surface area contributed by atoms with Gasteiger partial charge < -0.3 is 10.2 Å². The maximum atomic E-state index is 13.3. The minimum atomic E-state index is -0.622. The van der Waals surface area contributed by atoms with E-state index in [-0.39, 0.29) is 30.2 Å². The monoisotopic (exact) mass is 548 g/mol.